The van der Waals surface area contributed by atoms with Crippen molar-refractivity contribution in [2.24, 2.45) is 0 Å². The van der Waals surface area contributed by atoms with Crippen LogP contribution >= 0.6 is 15.9 Å². The van der Waals surface area contributed by atoms with E-state index in [1.54, 1.807) is 6.07 Å². The monoisotopic (exact) mass is 279 g/mol. The third-order valence-electron chi connectivity index (χ3n) is 2.86. The van der Waals surface area contributed by atoms with Crippen molar-refractivity contribution < 1.29 is 4.79 Å². The Balaban J connectivity index is 2.33. The molecule has 2 nitrogen and oxygen atoms in total. The van der Waals surface area contributed by atoms with Crippen LogP contribution in [-0.2, 0) is 0 Å². The van der Waals surface area contributed by atoms with Crippen LogP contribution in [-0.4, -0.2) is 5.78 Å². The van der Waals surface area contributed by atoms with Gasteiger partial charge in [0.15, 0.2) is 5.78 Å². The van der Waals surface area contributed by atoms with Gasteiger partial charge in [-0.05, 0) is 59.3 Å². The number of hydrogen-bond donors (Lipinski definition) is 1. The Hall–Kier alpha value is -1.09. The predicted molar refractivity (Wildman–Crippen MR) is 69.4 cm³/mol. The lowest BCUT2D eigenvalue weighted by Crippen LogP contribution is -2.08. The molecule has 0 bridgehead atoms. The molecule has 0 fully saturated rings. The second-order valence-corrected chi connectivity index (χ2v) is 4.81. The molecule has 1 aromatic rings. The molecule has 1 aliphatic rings. The number of carbonyl (C=O) groups is 1. The molecule has 0 saturated carbocycles. The van der Waals surface area contributed by atoms with Crippen molar-refractivity contribution in [2.45, 2.75) is 25.7 Å². The van der Waals surface area contributed by atoms with Gasteiger partial charge in [-0.2, -0.15) is 0 Å². The summed E-state index contributed by atoms with van der Waals surface area (Å²) in [5.41, 5.74) is 7.99. The molecule has 0 unspecified atom stereocenters. The minimum atomic E-state index is 0.110. The Kier molecular flexibility index (Phi) is 3.44. The summed E-state index contributed by atoms with van der Waals surface area (Å²) in [5.74, 6) is 0.110. The molecular formula is C13H14BrNO. The summed E-state index contributed by atoms with van der Waals surface area (Å²) < 4.78 is 0.714. The van der Waals surface area contributed by atoms with Crippen LogP contribution in [0.3, 0.4) is 0 Å². The quantitative estimate of drug-likeness (QED) is 0.662. The minimum Gasteiger partial charge on any atom is -0.398 e. The Bertz CT molecular complexity index is 451. The van der Waals surface area contributed by atoms with Crippen LogP contribution in [0.1, 0.15) is 36.0 Å². The maximum atomic E-state index is 12.2. The van der Waals surface area contributed by atoms with E-state index in [1.165, 1.54) is 6.42 Å². The highest BCUT2D eigenvalue weighted by Crippen LogP contribution is 2.28. The minimum absolute atomic E-state index is 0.110. The van der Waals surface area contributed by atoms with Crippen LogP contribution in [0.2, 0.25) is 0 Å². The van der Waals surface area contributed by atoms with E-state index in [0.717, 1.165) is 24.8 Å². The summed E-state index contributed by atoms with van der Waals surface area (Å²) in [6.07, 6.45) is 6.26. The van der Waals surface area contributed by atoms with E-state index < -0.39 is 0 Å². The smallest absolute Gasteiger partial charge is 0.189 e. The lowest BCUT2D eigenvalue weighted by molar-refractivity contribution is 0.102. The summed E-state index contributed by atoms with van der Waals surface area (Å²) in [6.45, 7) is 0. The number of benzene rings is 1. The van der Waals surface area contributed by atoms with E-state index in [-0.39, 0.29) is 5.78 Å². The van der Waals surface area contributed by atoms with Crippen molar-refractivity contribution in [3.05, 3.63) is 39.9 Å². The fourth-order valence-electron chi connectivity index (χ4n) is 1.94. The number of carbonyl (C=O) groups excluding carboxylic acids is 1. The summed E-state index contributed by atoms with van der Waals surface area (Å²) >= 11 is 3.37. The molecule has 0 aliphatic heterocycles. The molecule has 0 spiro atoms. The maximum absolute atomic E-state index is 12.2. The van der Waals surface area contributed by atoms with Crippen molar-refractivity contribution >= 4 is 27.4 Å². The van der Waals surface area contributed by atoms with Gasteiger partial charge in [-0.25, -0.2) is 0 Å². The number of rotatable bonds is 2. The first-order valence-corrected chi connectivity index (χ1v) is 6.27. The fraction of sp³-hybridized carbons (Fsp3) is 0.308. The molecular weight excluding hydrogens is 266 g/mol. The molecule has 2 N–H and O–H groups in total. The standard InChI is InChI=1S/C13H14BrNO/c14-12-10(7-4-8-11(12)15)13(16)9-5-2-1-3-6-9/h4-5,7-8H,1-3,6,15H2. The predicted octanol–water partition coefficient (Wildman–Crippen LogP) is 3.71. The molecule has 0 radical (unpaired) electrons. The van der Waals surface area contributed by atoms with Gasteiger partial charge in [0.25, 0.3) is 0 Å². The van der Waals surface area contributed by atoms with Crippen LogP contribution in [0.25, 0.3) is 0 Å². The maximum Gasteiger partial charge on any atom is 0.189 e. The lowest BCUT2D eigenvalue weighted by Gasteiger charge is -2.13. The van der Waals surface area contributed by atoms with E-state index in [2.05, 4.69) is 22.0 Å². The Morgan fingerprint density at radius 1 is 1.31 bits per heavy atom. The van der Waals surface area contributed by atoms with Crippen LogP contribution < -0.4 is 5.73 Å². The van der Waals surface area contributed by atoms with Gasteiger partial charge < -0.3 is 5.73 Å². The topological polar surface area (TPSA) is 43.1 Å². The summed E-state index contributed by atoms with van der Waals surface area (Å²) in [4.78, 5) is 12.2. The number of hydrogen-bond acceptors (Lipinski definition) is 2. The molecule has 0 heterocycles. The molecule has 0 amide bonds. The molecule has 2 rings (SSSR count). The zero-order chi connectivity index (χ0) is 11.5. The van der Waals surface area contributed by atoms with Gasteiger partial charge in [0.05, 0.1) is 4.47 Å². The van der Waals surface area contributed by atoms with Gasteiger partial charge in [0.2, 0.25) is 0 Å². The van der Waals surface area contributed by atoms with E-state index in [0.29, 0.717) is 15.7 Å². The normalized spacial score (nSPS) is 15.7. The van der Waals surface area contributed by atoms with Crippen LogP contribution in [0.4, 0.5) is 5.69 Å². The van der Waals surface area contributed by atoms with Crippen molar-refractivity contribution in [1.82, 2.24) is 0 Å². The third-order valence-corrected chi connectivity index (χ3v) is 3.74. The average Bonchev–Trinajstić information content (AvgIpc) is 2.33. The van der Waals surface area contributed by atoms with Gasteiger partial charge in [0, 0.05) is 11.3 Å². The second kappa shape index (κ2) is 4.83. The number of Topliss-reactive ketones (excluding diaryl/α,β-unsaturated/α-hetero) is 1. The van der Waals surface area contributed by atoms with Gasteiger partial charge in [-0.3, -0.25) is 4.79 Å². The zero-order valence-corrected chi connectivity index (χ0v) is 10.6. The molecule has 0 atom stereocenters. The van der Waals surface area contributed by atoms with Gasteiger partial charge in [0.1, 0.15) is 0 Å². The SMILES string of the molecule is Nc1cccc(C(=O)C2=CCCCC2)c1Br. The van der Waals surface area contributed by atoms with Crippen LogP contribution in [0.15, 0.2) is 34.3 Å². The molecule has 3 heteroatoms. The number of nitrogens with two attached hydrogens (primary N) is 1. The summed E-state index contributed by atoms with van der Waals surface area (Å²) in [6, 6.07) is 5.42. The molecule has 0 saturated heterocycles. The van der Waals surface area contributed by atoms with Crippen molar-refractivity contribution in [2.75, 3.05) is 5.73 Å². The van der Waals surface area contributed by atoms with E-state index in [9.17, 15) is 4.79 Å². The number of nitrogen functional groups attached to an aromatic ring is 1. The number of anilines is 1. The highest BCUT2D eigenvalue weighted by molar-refractivity contribution is 9.10. The highest BCUT2D eigenvalue weighted by Gasteiger charge is 2.17. The third kappa shape index (κ3) is 2.19. The summed E-state index contributed by atoms with van der Waals surface area (Å²) in [7, 11) is 0. The first kappa shape index (κ1) is 11.4. The largest absolute Gasteiger partial charge is 0.398 e. The van der Waals surface area contributed by atoms with Gasteiger partial charge in [-0.1, -0.05) is 12.1 Å². The van der Waals surface area contributed by atoms with Crippen molar-refractivity contribution in [1.29, 1.82) is 0 Å². The number of halogens is 1. The average molecular weight is 280 g/mol. The van der Waals surface area contributed by atoms with E-state index >= 15 is 0 Å². The molecule has 0 aromatic heterocycles. The van der Waals surface area contributed by atoms with Crippen molar-refractivity contribution in [3.63, 3.8) is 0 Å². The van der Waals surface area contributed by atoms with Crippen molar-refractivity contribution in [3.8, 4) is 0 Å². The molecule has 84 valence electrons. The number of ketones is 1. The molecule has 1 aromatic carbocycles. The fourth-order valence-corrected chi connectivity index (χ4v) is 2.39. The molecule has 16 heavy (non-hydrogen) atoms. The zero-order valence-electron chi connectivity index (χ0n) is 9.00. The first-order valence-electron chi connectivity index (χ1n) is 5.48. The van der Waals surface area contributed by atoms with Crippen LogP contribution in [0, 0.1) is 0 Å². The Morgan fingerprint density at radius 2 is 2.12 bits per heavy atom. The van der Waals surface area contributed by atoms with Crippen LogP contribution in [0.5, 0.6) is 0 Å². The van der Waals surface area contributed by atoms with Gasteiger partial charge in [-0.15, -0.1) is 0 Å². The molecule has 1 aliphatic carbocycles. The van der Waals surface area contributed by atoms with E-state index in [4.69, 9.17) is 5.73 Å². The first-order chi connectivity index (χ1) is 7.70. The summed E-state index contributed by atoms with van der Waals surface area (Å²) in [5, 5.41) is 0. The van der Waals surface area contributed by atoms with Gasteiger partial charge >= 0.3 is 0 Å². The lowest BCUT2D eigenvalue weighted by atomic mass is 9.93. The second-order valence-electron chi connectivity index (χ2n) is 4.01. The number of allylic oxidation sites excluding steroid dienone is 2. The Morgan fingerprint density at radius 3 is 2.81 bits per heavy atom. The Labute approximate surface area is 104 Å². The highest BCUT2D eigenvalue weighted by atomic mass is 79.9. The van der Waals surface area contributed by atoms with E-state index in [1.807, 2.05) is 12.1 Å².